The van der Waals surface area contributed by atoms with Crippen molar-refractivity contribution in [2.75, 3.05) is 19.6 Å². The second-order valence-corrected chi connectivity index (χ2v) is 14.2. The predicted molar refractivity (Wildman–Crippen MR) is 193 cm³/mol. The molecule has 0 saturated heterocycles. The number of fused-ring (bicyclic) bond motifs is 1. The quantitative estimate of drug-likeness (QED) is 0.0732. The van der Waals surface area contributed by atoms with E-state index in [1.54, 1.807) is 11.5 Å². The molecule has 8 N–H and O–H groups in total. The van der Waals surface area contributed by atoms with Gasteiger partial charge >= 0.3 is 12.1 Å². The Bertz CT molecular complexity index is 1770. The number of nitrogens with one attached hydrogen (secondary N) is 2. The average Bonchev–Trinajstić information content (AvgIpc) is 3.44. The van der Waals surface area contributed by atoms with Crippen molar-refractivity contribution in [3.05, 3.63) is 87.6 Å². The number of halogens is 3. The molecule has 0 aliphatic heterocycles. The Morgan fingerprint density at radius 2 is 1.68 bits per heavy atom. The fourth-order valence-corrected chi connectivity index (χ4v) is 4.68. The summed E-state index contributed by atoms with van der Waals surface area (Å²) < 4.78 is 48.3. The summed E-state index contributed by atoms with van der Waals surface area (Å²) in [6, 6.07) is 14.5. The number of aromatic amines is 1. The molecule has 2 aromatic carbocycles. The van der Waals surface area contributed by atoms with Gasteiger partial charge in [0, 0.05) is 42.3 Å². The van der Waals surface area contributed by atoms with Crippen LogP contribution in [-0.2, 0) is 28.7 Å². The third-order valence-electron chi connectivity index (χ3n) is 7.60. The number of nitrogens with two attached hydrogens (primary N) is 3. The van der Waals surface area contributed by atoms with E-state index in [4.69, 9.17) is 21.9 Å². The molecule has 0 unspecified atom stereocenters. The topological polar surface area (TPSA) is 172 Å². The van der Waals surface area contributed by atoms with Gasteiger partial charge in [0.1, 0.15) is 11.4 Å². The highest BCUT2D eigenvalue weighted by Gasteiger charge is 2.32. The standard InChI is InChI=1S/C21H29N7O.C15H22F3NO2/c1-21(2,3)17-11-15-13-28(20(29)27-18(15)26-17)16-7-5-14(6-8-16)12-24-9-4-10-25-19(22)23;1-10(8-19)20-9-11-5-12(14(2,3)4)7-13(6-11)21-15(16,17)18/h5-8,11,13,24H,4,9-10,12H2,1-3H3,(H4,22,23,25)(H,26,27,29);5-7,10H,8-9,19H2,1-4H3/t;10-/m.1/s1. The van der Waals surface area contributed by atoms with Crippen LogP contribution in [0.4, 0.5) is 13.2 Å². The van der Waals surface area contributed by atoms with E-state index in [1.165, 1.54) is 12.1 Å². The molecule has 2 aromatic heterocycles. The van der Waals surface area contributed by atoms with Crippen molar-refractivity contribution in [3.8, 4) is 11.4 Å². The van der Waals surface area contributed by atoms with E-state index >= 15 is 0 Å². The number of H-pyrrole nitrogens is 1. The Hall–Kier alpha value is -4.40. The van der Waals surface area contributed by atoms with Crippen LogP contribution in [0.5, 0.6) is 5.75 Å². The molecule has 11 nitrogen and oxygen atoms in total. The Morgan fingerprint density at radius 3 is 2.26 bits per heavy atom. The highest BCUT2D eigenvalue weighted by Crippen LogP contribution is 2.31. The first-order valence-corrected chi connectivity index (χ1v) is 16.5. The zero-order chi connectivity index (χ0) is 37.3. The average molecular weight is 701 g/mol. The molecule has 0 saturated carbocycles. The lowest BCUT2D eigenvalue weighted by Gasteiger charge is -2.22. The van der Waals surface area contributed by atoms with Crippen LogP contribution in [0.15, 0.2) is 64.5 Å². The van der Waals surface area contributed by atoms with Crippen LogP contribution in [0.1, 0.15) is 77.3 Å². The lowest BCUT2D eigenvalue weighted by Crippen LogP contribution is -2.23. The summed E-state index contributed by atoms with van der Waals surface area (Å²) in [6.45, 7) is 16.7. The maximum Gasteiger partial charge on any atom is 0.573 e. The first-order valence-electron chi connectivity index (χ1n) is 16.5. The van der Waals surface area contributed by atoms with Gasteiger partial charge < -0.3 is 37.0 Å². The lowest BCUT2D eigenvalue weighted by atomic mass is 9.86. The molecule has 0 radical (unpaired) electrons. The number of hydrogen-bond acceptors (Lipinski definition) is 7. The molecule has 0 spiro atoms. The van der Waals surface area contributed by atoms with Gasteiger partial charge in [-0.15, -0.1) is 13.2 Å². The van der Waals surface area contributed by atoms with Crippen LogP contribution in [0.25, 0.3) is 16.7 Å². The van der Waals surface area contributed by atoms with E-state index in [2.05, 4.69) is 51.9 Å². The van der Waals surface area contributed by atoms with Gasteiger partial charge in [0.2, 0.25) is 0 Å². The third-order valence-corrected chi connectivity index (χ3v) is 7.60. The largest absolute Gasteiger partial charge is 0.573 e. The molecule has 4 aromatic rings. The van der Waals surface area contributed by atoms with Crippen molar-refractivity contribution in [2.45, 2.75) is 91.3 Å². The zero-order valence-corrected chi connectivity index (χ0v) is 29.9. The molecule has 14 heteroatoms. The number of aliphatic imine (C=N–C) groups is 1. The van der Waals surface area contributed by atoms with Gasteiger partial charge in [-0.05, 0) is 72.3 Å². The first-order chi connectivity index (χ1) is 23.2. The molecule has 0 aliphatic rings. The number of guanidine groups is 1. The van der Waals surface area contributed by atoms with Gasteiger partial charge in [0.25, 0.3) is 0 Å². The summed E-state index contributed by atoms with van der Waals surface area (Å²) in [7, 11) is 0. The molecule has 0 fully saturated rings. The minimum atomic E-state index is -4.71. The molecule has 50 heavy (non-hydrogen) atoms. The van der Waals surface area contributed by atoms with Gasteiger partial charge in [0.15, 0.2) is 5.96 Å². The minimum absolute atomic E-state index is 0.0352. The summed E-state index contributed by atoms with van der Waals surface area (Å²) in [5, 5.41) is 4.27. The van der Waals surface area contributed by atoms with Crippen molar-refractivity contribution in [1.82, 2.24) is 19.9 Å². The molecule has 0 amide bonds. The van der Waals surface area contributed by atoms with Crippen LogP contribution in [0.3, 0.4) is 0 Å². The van der Waals surface area contributed by atoms with E-state index in [0.717, 1.165) is 47.4 Å². The van der Waals surface area contributed by atoms with Gasteiger partial charge in [-0.25, -0.2) is 4.79 Å². The second-order valence-electron chi connectivity index (χ2n) is 14.2. The molecular formula is C36H51F3N8O3. The minimum Gasteiger partial charge on any atom is -0.406 e. The van der Waals surface area contributed by atoms with Crippen molar-refractivity contribution in [2.24, 2.45) is 22.2 Å². The molecule has 0 bridgehead atoms. The van der Waals surface area contributed by atoms with Crippen LogP contribution in [0.2, 0.25) is 0 Å². The fourth-order valence-electron chi connectivity index (χ4n) is 4.68. The predicted octanol–water partition coefficient (Wildman–Crippen LogP) is 5.51. The van der Waals surface area contributed by atoms with Gasteiger partial charge in [0.05, 0.1) is 18.4 Å². The number of aromatic nitrogens is 3. The summed E-state index contributed by atoms with van der Waals surface area (Å²) in [5.74, 6) is -0.105. The summed E-state index contributed by atoms with van der Waals surface area (Å²) >= 11 is 0. The van der Waals surface area contributed by atoms with E-state index in [9.17, 15) is 18.0 Å². The number of nitrogens with zero attached hydrogens (tertiary/aromatic N) is 3. The van der Waals surface area contributed by atoms with Crippen LogP contribution in [0, 0.1) is 0 Å². The zero-order valence-electron chi connectivity index (χ0n) is 29.9. The van der Waals surface area contributed by atoms with Gasteiger partial charge in [-0.1, -0.05) is 59.7 Å². The monoisotopic (exact) mass is 700 g/mol. The molecule has 1 atom stereocenters. The second kappa shape index (κ2) is 17.0. The maximum atomic E-state index is 12.5. The van der Waals surface area contributed by atoms with Gasteiger partial charge in [-0.3, -0.25) is 9.56 Å². The first kappa shape index (κ1) is 40.0. The smallest absolute Gasteiger partial charge is 0.406 e. The molecule has 4 rings (SSSR count). The molecular weight excluding hydrogens is 649 g/mol. The number of ether oxygens (including phenoxy) is 2. The van der Waals surface area contributed by atoms with Crippen LogP contribution < -0.4 is 32.9 Å². The summed E-state index contributed by atoms with van der Waals surface area (Å²) in [5.41, 5.74) is 20.4. The van der Waals surface area contributed by atoms with Crippen molar-refractivity contribution in [1.29, 1.82) is 0 Å². The Balaban J connectivity index is 0.000000286. The summed E-state index contributed by atoms with van der Waals surface area (Å²) in [4.78, 5) is 23.9. The van der Waals surface area contributed by atoms with Crippen molar-refractivity contribution in [3.63, 3.8) is 0 Å². The van der Waals surface area contributed by atoms with E-state index in [0.29, 0.717) is 24.3 Å². The lowest BCUT2D eigenvalue weighted by molar-refractivity contribution is -0.274. The number of rotatable bonds is 12. The fraction of sp³-hybridized carbons (Fsp3) is 0.472. The van der Waals surface area contributed by atoms with E-state index in [-0.39, 0.29) is 40.9 Å². The van der Waals surface area contributed by atoms with Crippen molar-refractivity contribution < 1.29 is 22.6 Å². The third kappa shape index (κ3) is 12.8. The van der Waals surface area contributed by atoms with E-state index < -0.39 is 6.36 Å². The Kier molecular flexibility index (Phi) is 13.6. The Morgan fingerprint density at radius 1 is 1.00 bits per heavy atom. The van der Waals surface area contributed by atoms with Crippen LogP contribution in [-0.4, -0.2) is 52.6 Å². The maximum absolute atomic E-state index is 12.5. The van der Waals surface area contributed by atoms with Crippen LogP contribution >= 0.6 is 0 Å². The van der Waals surface area contributed by atoms with Gasteiger partial charge in [-0.2, -0.15) is 4.98 Å². The van der Waals surface area contributed by atoms with Crippen molar-refractivity contribution >= 4 is 17.0 Å². The SMILES string of the molecule is CC(C)(C)c1cc2cn(-c3ccc(CNCCCN=C(N)N)cc3)c(=O)nc2[nH]1.C[C@H](CN)OCc1cc(OC(F)(F)F)cc(C(C)(C)C)c1. The molecule has 2 heterocycles. The number of benzene rings is 2. The normalized spacial score (nSPS) is 12.7. The highest BCUT2D eigenvalue weighted by atomic mass is 19.4. The summed E-state index contributed by atoms with van der Waals surface area (Å²) in [6.07, 6.45) is -2.16. The number of hydrogen-bond donors (Lipinski definition) is 5. The molecule has 274 valence electrons. The molecule has 0 aliphatic carbocycles. The van der Waals surface area contributed by atoms with E-state index in [1.807, 2.05) is 57.3 Å². The Labute approximate surface area is 291 Å². The number of alkyl halides is 3. The highest BCUT2D eigenvalue weighted by molar-refractivity contribution is 5.76.